The van der Waals surface area contributed by atoms with Gasteiger partial charge in [-0.25, -0.2) is 4.39 Å². The van der Waals surface area contributed by atoms with Gasteiger partial charge >= 0.3 is 5.97 Å². The molecule has 0 aliphatic carbocycles. The molecule has 1 aliphatic heterocycles. The smallest absolute Gasteiger partial charge is 0.326 e. The summed E-state index contributed by atoms with van der Waals surface area (Å²) >= 11 is 2.73. The van der Waals surface area contributed by atoms with Crippen LogP contribution in [-0.4, -0.2) is 54.3 Å². The molecule has 0 spiro atoms. The monoisotopic (exact) mass is 628 g/mol. The number of rotatable bonds is 10. The van der Waals surface area contributed by atoms with E-state index in [-0.39, 0.29) is 18.1 Å². The van der Waals surface area contributed by atoms with Gasteiger partial charge in [-0.1, -0.05) is 0 Å². The van der Waals surface area contributed by atoms with Crippen LogP contribution in [0.5, 0.6) is 11.5 Å². The van der Waals surface area contributed by atoms with Crippen molar-refractivity contribution in [2.45, 2.75) is 13.8 Å². The zero-order valence-electron chi connectivity index (χ0n) is 19.3. The third-order valence-electron chi connectivity index (χ3n) is 4.57. The number of hydrogen-bond donors (Lipinski definition) is 1. The normalized spacial score (nSPS) is 14.2. The molecule has 1 fully saturated rings. The molecule has 0 bridgehead atoms. The van der Waals surface area contributed by atoms with E-state index in [1.807, 2.05) is 22.6 Å². The van der Waals surface area contributed by atoms with Gasteiger partial charge in [0.15, 0.2) is 18.1 Å². The van der Waals surface area contributed by atoms with Gasteiger partial charge < -0.3 is 19.5 Å². The van der Waals surface area contributed by atoms with Crippen molar-refractivity contribution in [1.82, 2.24) is 4.90 Å². The van der Waals surface area contributed by atoms with Crippen LogP contribution in [0.15, 0.2) is 41.3 Å². The fourth-order valence-electron chi connectivity index (χ4n) is 3.07. The van der Waals surface area contributed by atoms with E-state index in [1.54, 1.807) is 26.0 Å². The highest BCUT2D eigenvalue weighted by atomic mass is 127. The number of carbonyl (C=O) groups excluding carboxylic acids is 4. The standard InChI is InChI=1S/C24H22FIN2O7S/c1-3-33-18-10-14(11-19-23(31)28(24(32)36-19)12-21(30)34-4-2)9-17(26)22(18)35-13-20(29)27-16-7-5-15(25)6-8-16/h5-11H,3-4,12-13H2,1-2H3,(H,27,29)/b19-11+. The van der Waals surface area contributed by atoms with Gasteiger partial charge in [0.25, 0.3) is 17.1 Å². The van der Waals surface area contributed by atoms with Gasteiger partial charge in [0.05, 0.1) is 21.7 Å². The lowest BCUT2D eigenvalue weighted by molar-refractivity contribution is -0.146. The number of nitrogens with zero attached hydrogens (tertiary/aromatic N) is 1. The van der Waals surface area contributed by atoms with E-state index in [2.05, 4.69) is 5.32 Å². The molecule has 2 aromatic carbocycles. The maximum Gasteiger partial charge on any atom is 0.326 e. The van der Waals surface area contributed by atoms with Crippen molar-refractivity contribution in [3.05, 3.63) is 56.3 Å². The maximum atomic E-state index is 13.0. The lowest BCUT2D eigenvalue weighted by Gasteiger charge is -2.15. The van der Waals surface area contributed by atoms with Crippen LogP contribution >= 0.6 is 34.4 Å². The first-order valence-corrected chi connectivity index (χ1v) is 12.7. The number of benzene rings is 2. The highest BCUT2D eigenvalue weighted by molar-refractivity contribution is 14.1. The zero-order chi connectivity index (χ0) is 26.2. The lowest BCUT2D eigenvalue weighted by Crippen LogP contribution is -2.34. The number of hydrogen-bond acceptors (Lipinski definition) is 8. The summed E-state index contributed by atoms with van der Waals surface area (Å²) in [6, 6.07) is 8.67. The average molecular weight is 628 g/mol. The molecule has 0 radical (unpaired) electrons. The molecular formula is C24H22FIN2O7S. The summed E-state index contributed by atoms with van der Waals surface area (Å²) in [5, 5.41) is 2.05. The lowest BCUT2D eigenvalue weighted by atomic mass is 10.2. The SMILES string of the molecule is CCOC(=O)CN1C(=O)S/C(=C/c2cc(I)c(OCC(=O)Nc3ccc(F)cc3)c(OCC)c2)C1=O. The van der Waals surface area contributed by atoms with Crippen molar-refractivity contribution in [3.8, 4) is 11.5 Å². The van der Waals surface area contributed by atoms with Crippen molar-refractivity contribution >= 4 is 69.1 Å². The highest BCUT2D eigenvalue weighted by Crippen LogP contribution is 2.37. The summed E-state index contributed by atoms with van der Waals surface area (Å²) in [7, 11) is 0. The molecule has 0 unspecified atom stereocenters. The van der Waals surface area contributed by atoms with Gasteiger partial charge in [0.1, 0.15) is 12.4 Å². The van der Waals surface area contributed by atoms with Crippen molar-refractivity contribution in [2.75, 3.05) is 31.7 Å². The van der Waals surface area contributed by atoms with E-state index < -0.39 is 35.4 Å². The van der Waals surface area contributed by atoms with Crippen LogP contribution in [0.4, 0.5) is 14.9 Å². The summed E-state index contributed by atoms with van der Waals surface area (Å²) in [5.41, 5.74) is 0.990. The summed E-state index contributed by atoms with van der Waals surface area (Å²) in [6.45, 7) is 3.10. The number of esters is 1. The first-order chi connectivity index (χ1) is 17.2. The maximum absolute atomic E-state index is 13.0. The van der Waals surface area contributed by atoms with Gasteiger partial charge in [0.2, 0.25) is 0 Å². The van der Waals surface area contributed by atoms with E-state index >= 15 is 0 Å². The van der Waals surface area contributed by atoms with Gasteiger partial charge in [-0.05, 0) is 96.2 Å². The van der Waals surface area contributed by atoms with Crippen LogP contribution in [-0.2, 0) is 19.1 Å². The molecule has 3 amide bonds. The molecule has 1 aliphatic rings. The molecule has 3 rings (SSSR count). The molecule has 0 aromatic heterocycles. The predicted molar refractivity (Wildman–Crippen MR) is 140 cm³/mol. The molecule has 190 valence electrons. The van der Waals surface area contributed by atoms with Crippen LogP contribution in [0.1, 0.15) is 19.4 Å². The minimum Gasteiger partial charge on any atom is -0.490 e. The van der Waals surface area contributed by atoms with Crippen molar-refractivity contribution in [2.24, 2.45) is 0 Å². The minimum atomic E-state index is -0.667. The minimum absolute atomic E-state index is 0.145. The number of anilines is 1. The number of halogens is 2. The van der Waals surface area contributed by atoms with Crippen LogP contribution in [0.25, 0.3) is 6.08 Å². The number of amides is 3. The molecule has 2 aromatic rings. The Bertz CT molecular complexity index is 1200. The molecule has 1 saturated heterocycles. The second-order valence-electron chi connectivity index (χ2n) is 7.18. The number of carbonyl (C=O) groups is 4. The van der Waals surface area contributed by atoms with Crippen molar-refractivity contribution < 1.29 is 37.8 Å². The number of nitrogens with one attached hydrogen (secondary N) is 1. The fraction of sp³-hybridized carbons (Fsp3) is 0.250. The van der Waals surface area contributed by atoms with Crippen molar-refractivity contribution in [3.63, 3.8) is 0 Å². The average Bonchev–Trinajstić information content (AvgIpc) is 3.07. The summed E-state index contributed by atoms with van der Waals surface area (Å²) in [5.74, 6) is -1.44. The molecule has 1 heterocycles. The Kier molecular flexibility index (Phi) is 9.70. The Hall–Kier alpha value is -3.13. The molecule has 0 saturated carbocycles. The van der Waals surface area contributed by atoms with Gasteiger partial charge in [0, 0.05) is 5.69 Å². The first kappa shape index (κ1) is 27.5. The third-order valence-corrected chi connectivity index (χ3v) is 6.28. The van der Waals surface area contributed by atoms with Crippen molar-refractivity contribution in [1.29, 1.82) is 0 Å². The Morgan fingerprint density at radius 3 is 2.50 bits per heavy atom. The fourth-order valence-corrected chi connectivity index (χ4v) is 4.69. The molecule has 12 heteroatoms. The van der Waals surface area contributed by atoms with E-state index in [1.165, 1.54) is 30.3 Å². The number of imide groups is 1. The van der Waals surface area contributed by atoms with Crippen LogP contribution in [0.3, 0.4) is 0 Å². The second kappa shape index (κ2) is 12.7. The summed E-state index contributed by atoms with van der Waals surface area (Å²) in [4.78, 5) is 49.8. The van der Waals surface area contributed by atoms with Gasteiger partial charge in [-0.15, -0.1) is 0 Å². The molecule has 1 N–H and O–H groups in total. The number of thioether (sulfide) groups is 1. The molecule has 0 atom stereocenters. The topological polar surface area (TPSA) is 111 Å². The Morgan fingerprint density at radius 1 is 1.11 bits per heavy atom. The highest BCUT2D eigenvalue weighted by Gasteiger charge is 2.36. The van der Waals surface area contributed by atoms with Crippen LogP contribution in [0, 0.1) is 9.39 Å². The van der Waals surface area contributed by atoms with E-state index in [0.29, 0.717) is 32.9 Å². The molecule has 36 heavy (non-hydrogen) atoms. The Balaban J connectivity index is 1.74. The van der Waals surface area contributed by atoms with Gasteiger partial charge in [-0.3, -0.25) is 24.1 Å². The zero-order valence-corrected chi connectivity index (χ0v) is 22.3. The van der Waals surface area contributed by atoms with Crippen LogP contribution < -0.4 is 14.8 Å². The van der Waals surface area contributed by atoms with E-state index in [0.717, 1.165) is 16.7 Å². The first-order valence-electron chi connectivity index (χ1n) is 10.8. The third kappa shape index (κ3) is 7.20. The van der Waals surface area contributed by atoms with Gasteiger partial charge in [-0.2, -0.15) is 0 Å². The predicted octanol–water partition coefficient (Wildman–Crippen LogP) is 4.45. The van der Waals surface area contributed by atoms with E-state index in [9.17, 15) is 23.6 Å². The quantitative estimate of drug-likeness (QED) is 0.234. The largest absolute Gasteiger partial charge is 0.490 e. The summed E-state index contributed by atoms with van der Waals surface area (Å²) in [6.07, 6.45) is 1.52. The molecular weight excluding hydrogens is 606 g/mol. The molecule has 9 nitrogen and oxygen atoms in total. The Morgan fingerprint density at radius 2 is 1.83 bits per heavy atom. The second-order valence-corrected chi connectivity index (χ2v) is 9.34. The summed E-state index contributed by atoms with van der Waals surface area (Å²) < 4.78 is 29.8. The number of ether oxygens (including phenoxy) is 3. The van der Waals surface area contributed by atoms with Crippen LogP contribution in [0.2, 0.25) is 0 Å². The van der Waals surface area contributed by atoms with E-state index in [4.69, 9.17) is 14.2 Å². The Labute approximate surface area is 224 Å².